The summed E-state index contributed by atoms with van der Waals surface area (Å²) in [6.07, 6.45) is 0. The lowest BCUT2D eigenvalue weighted by Gasteiger charge is -2.04. The molecule has 0 saturated heterocycles. The van der Waals surface area contributed by atoms with Crippen LogP contribution in [-0.4, -0.2) is 11.1 Å². The van der Waals surface area contributed by atoms with Crippen molar-refractivity contribution in [3.63, 3.8) is 0 Å². The van der Waals surface area contributed by atoms with E-state index in [1.807, 2.05) is 13.8 Å². The Balaban J connectivity index is 3.13. The predicted molar refractivity (Wildman–Crippen MR) is 30.0 cm³/mol. The minimum Gasteiger partial charge on any atom is -0.495 e. The maximum Gasteiger partial charge on any atom is 0.176 e. The predicted octanol–water partition coefficient (Wildman–Crippen LogP) is 1.01. The van der Waals surface area contributed by atoms with Crippen LogP contribution in [0.2, 0.25) is 0 Å². The molecule has 0 saturated carbocycles. The van der Waals surface area contributed by atoms with Crippen molar-refractivity contribution in [1.82, 2.24) is 5.32 Å². The molecule has 42 valence electrons. The highest BCUT2D eigenvalue weighted by molar-refractivity contribution is 4.76. The van der Waals surface area contributed by atoms with Crippen molar-refractivity contribution in [2.45, 2.75) is 19.9 Å². The van der Waals surface area contributed by atoms with Crippen molar-refractivity contribution in [1.29, 1.82) is 0 Å². The van der Waals surface area contributed by atoms with Crippen LogP contribution in [-0.2, 0) is 0 Å². The highest BCUT2D eigenvalue weighted by Gasteiger charge is 1.88. The van der Waals surface area contributed by atoms with Crippen molar-refractivity contribution in [2.24, 2.45) is 0 Å². The van der Waals surface area contributed by atoms with E-state index in [1.54, 1.807) is 0 Å². The third kappa shape index (κ3) is 5.34. The van der Waals surface area contributed by atoms with Gasteiger partial charge in [-0.1, -0.05) is 0 Å². The molecule has 0 spiro atoms. The minimum absolute atomic E-state index is 0.0370. The van der Waals surface area contributed by atoms with Crippen LogP contribution >= 0.6 is 0 Å². The quantitative estimate of drug-likeness (QED) is 0.509. The Labute approximate surface area is 43.9 Å². The van der Waals surface area contributed by atoms with Crippen molar-refractivity contribution < 1.29 is 5.11 Å². The zero-order valence-corrected chi connectivity index (χ0v) is 4.73. The Morgan fingerprint density at radius 2 is 2.14 bits per heavy atom. The summed E-state index contributed by atoms with van der Waals surface area (Å²) in [5.74, 6) is 0.0370. The Hall–Kier alpha value is -0.660. The molecule has 0 amide bonds. The number of rotatable bonds is 2. The van der Waals surface area contributed by atoms with E-state index in [2.05, 4.69) is 11.9 Å². The molecule has 0 aromatic heterocycles. The monoisotopic (exact) mass is 101 g/mol. The molecule has 0 aliphatic rings. The van der Waals surface area contributed by atoms with Crippen LogP contribution in [0, 0.1) is 0 Å². The molecule has 0 rings (SSSR count). The zero-order chi connectivity index (χ0) is 5.86. The van der Waals surface area contributed by atoms with Gasteiger partial charge in [-0.25, -0.2) is 0 Å². The van der Waals surface area contributed by atoms with Crippen LogP contribution in [0.1, 0.15) is 13.8 Å². The maximum absolute atomic E-state index is 8.42. The van der Waals surface area contributed by atoms with Gasteiger partial charge in [0.1, 0.15) is 0 Å². The van der Waals surface area contributed by atoms with E-state index >= 15 is 0 Å². The molecule has 2 heteroatoms. The van der Waals surface area contributed by atoms with E-state index in [-0.39, 0.29) is 11.9 Å². The van der Waals surface area contributed by atoms with E-state index in [4.69, 9.17) is 5.11 Å². The first kappa shape index (κ1) is 6.34. The molecule has 0 aromatic rings. The van der Waals surface area contributed by atoms with Crippen LogP contribution in [0.4, 0.5) is 0 Å². The van der Waals surface area contributed by atoms with Gasteiger partial charge in [-0.05, 0) is 20.4 Å². The summed E-state index contributed by atoms with van der Waals surface area (Å²) in [5.41, 5.74) is 0. The third-order valence-corrected chi connectivity index (χ3v) is 0.455. The zero-order valence-electron chi connectivity index (χ0n) is 4.73. The number of aliphatic hydroxyl groups is 1. The fourth-order valence-electron chi connectivity index (χ4n) is 0.333. The SMILES string of the molecule is C=C(O)NC(C)C. The lowest BCUT2D eigenvalue weighted by Crippen LogP contribution is -2.20. The van der Waals surface area contributed by atoms with Crippen LogP contribution < -0.4 is 5.32 Å². The molecular formula is C5H11NO. The van der Waals surface area contributed by atoms with Crippen molar-refractivity contribution in [3.05, 3.63) is 12.5 Å². The molecule has 2 N–H and O–H groups in total. The van der Waals surface area contributed by atoms with Gasteiger partial charge < -0.3 is 10.4 Å². The number of hydrogen-bond donors (Lipinski definition) is 2. The molecule has 0 bridgehead atoms. The molecule has 0 aliphatic heterocycles. The van der Waals surface area contributed by atoms with E-state index in [1.165, 1.54) is 0 Å². The van der Waals surface area contributed by atoms with Crippen LogP contribution in [0.3, 0.4) is 0 Å². The largest absolute Gasteiger partial charge is 0.495 e. The standard InChI is InChI=1S/C5H11NO/c1-4(2)6-5(3)7/h4,6-7H,3H2,1-2H3. The smallest absolute Gasteiger partial charge is 0.176 e. The van der Waals surface area contributed by atoms with Crippen molar-refractivity contribution in [2.75, 3.05) is 0 Å². The highest BCUT2D eigenvalue weighted by atomic mass is 16.3. The molecule has 2 nitrogen and oxygen atoms in total. The first-order valence-electron chi connectivity index (χ1n) is 2.27. The summed E-state index contributed by atoms with van der Waals surface area (Å²) in [4.78, 5) is 0. The summed E-state index contributed by atoms with van der Waals surface area (Å²) < 4.78 is 0. The molecule has 0 unspecified atom stereocenters. The summed E-state index contributed by atoms with van der Waals surface area (Å²) in [6, 6.07) is 0.275. The normalized spacial score (nSPS) is 9.00. The summed E-state index contributed by atoms with van der Waals surface area (Å²) >= 11 is 0. The second-order valence-corrected chi connectivity index (χ2v) is 1.75. The van der Waals surface area contributed by atoms with Crippen LogP contribution in [0.25, 0.3) is 0 Å². The van der Waals surface area contributed by atoms with Crippen LogP contribution in [0.15, 0.2) is 12.5 Å². The van der Waals surface area contributed by atoms with Gasteiger partial charge in [-0.15, -0.1) is 0 Å². The molecular weight excluding hydrogens is 90.1 g/mol. The second-order valence-electron chi connectivity index (χ2n) is 1.75. The summed E-state index contributed by atoms with van der Waals surface area (Å²) in [5, 5.41) is 11.1. The van der Waals surface area contributed by atoms with Gasteiger partial charge in [0, 0.05) is 6.04 Å². The molecule has 0 aliphatic carbocycles. The minimum atomic E-state index is 0.0370. The van der Waals surface area contributed by atoms with Crippen LogP contribution in [0.5, 0.6) is 0 Å². The fraction of sp³-hybridized carbons (Fsp3) is 0.600. The van der Waals surface area contributed by atoms with Gasteiger partial charge in [-0.3, -0.25) is 0 Å². The second kappa shape index (κ2) is 2.50. The Kier molecular flexibility index (Phi) is 2.27. The highest BCUT2D eigenvalue weighted by Crippen LogP contribution is 1.79. The molecule has 0 radical (unpaired) electrons. The first-order chi connectivity index (χ1) is 3.13. The summed E-state index contributed by atoms with van der Waals surface area (Å²) in [7, 11) is 0. The molecule has 0 heterocycles. The molecule has 0 aromatic carbocycles. The maximum atomic E-state index is 8.42. The lowest BCUT2D eigenvalue weighted by atomic mass is 10.4. The number of hydrogen-bond acceptors (Lipinski definition) is 2. The van der Waals surface area contributed by atoms with Crippen molar-refractivity contribution >= 4 is 0 Å². The first-order valence-corrected chi connectivity index (χ1v) is 2.27. The third-order valence-electron chi connectivity index (χ3n) is 0.455. The Morgan fingerprint density at radius 1 is 1.71 bits per heavy atom. The van der Waals surface area contributed by atoms with Crippen molar-refractivity contribution in [3.8, 4) is 0 Å². The van der Waals surface area contributed by atoms with E-state index in [0.717, 1.165) is 0 Å². The average molecular weight is 101 g/mol. The number of nitrogens with one attached hydrogen (secondary N) is 1. The number of aliphatic hydroxyl groups excluding tert-OH is 1. The average Bonchev–Trinajstić information content (AvgIpc) is 1.27. The fourth-order valence-corrected chi connectivity index (χ4v) is 0.333. The molecule has 0 atom stereocenters. The van der Waals surface area contributed by atoms with E-state index < -0.39 is 0 Å². The van der Waals surface area contributed by atoms with Gasteiger partial charge in [-0.2, -0.15) is 0 Å². The van der Waals surface area contributed by atoms with Gasteiger partial charge in [0.05, 0.1) is 0 Å². The Morgan fingerprint density at radius 3 is 2.14 bits per heavy atom. The van der Waals surface area contributed by atoms with Gasteiger partial charge in [0.2, 0.25) is 0 Å². The lowest BCUT2D eigenvalue weighted by molar-refractivity contribution is 0.353. The van der Waals surface area contributed by atoms with Gasteiger partial charge in [0.25, 0.3) is 0 Å². The summed E-state index contributed by atoms with van der Waals surface area (Å²) in [6.45, 7) is 7.10. The topological polar surface area (TPSA) is 32.3 Å². The van der Waals surface area contributed by atoms with E-state index in [0.29, 0.717) is 0 Å². The van der Waals surface area contributed by atoms with Gasteiger partial charge >= 0.3 is 0 Å². The van der Waals surface area contributed by atoms with E-state index in [9.17, 15) is 0 Å². The Bertz CT molecular complexity index is 68.5. The molecule has 0 fully saturated rings. The van der Waals surface area contributed by atoms with Gasteiger partial charge in [0.15, 0.2) is 5.88 Å². The molecule has 7 heavy (non-hydrogen) atoms.